The standard InChI is InChI=1S/C8H15N3O/c1-2-11-3-5-6(4-11)8(5,10)7(9)12/h5-6H,2-4,10H2,1H3,(H2,9,12)/t5-,6+,8?. The lowest BCUT2D eigenvalue weighted by atomic mass is 10.1. The molecule has 1 heterocycles. The zero-order valence-corrected chi connectivity index (χ0v) is 7.29. The Morgan fingerprint density at radius 2 is 2.08 bits per heavy atom. The van der Waals surface area contributed by atoms with E-state index in [1.54, 1.807) is 0 Å². The zero-order chi connectivity index (χ0) is 8.93. The van der Waals surface area contributed by atoms with Crippen LogP contribution in [0.3, 0.4) is 0 Å². The number of nitrogens with zero attached hydrogens (tertiary/aromatic N) is 1. The Morgan fingerprint density at radius 3 is 2.42 bits per heavy atom. The van der Waals surface area contributed by atoms with Gasteiger partial charge in [0.1, 0.15) is 5.54 Å². The maximum Gasteiger partial charge on any atom is 0.238 e. The van der Waals surface area contributed by atoms with E-state index in [0.29, 0.717) is 11.8 Å². The van der Waals surface area contributed by atoms with Gasteiger partial charge >= 0.3 is 0 Å². The Kier molecular flexibility index (Phi) is 1.47. The van der Waals surface area contributed by atoms with Crippen molar-refractivity contribution in [3.05, 3.63) is 0 Å². The summed E-state index contributed by atoms with van der Waals surface area (Å²) in [5.41, 5.74) is 10.4. The van der Waals surface area contributed by atoms with Crippen LogP contribution in [0.5, 0.6) is 0 Å². The molecule has 4 heteroatoms. The number of fused-ring (bicyclic) bond motifs is 1. The Labute approximate surface area is 71.9 Å². The number of rotatable bonds is 2. The van der Waals surface area contributed by atoms with E-state index in [1.165, 1.54) is 0 Å². The molecule has 1 amide bonds. The van der Waals surface area contributed by atoms with E-state index in [0.717, 1.165) is 19.6 Å². The molecule has 4 N–H and O–H groups in total. The summed E-state index contributed by atoms with van der Waals surface area (Å²) < 4.78 is 0. The minimum atomic E-state index is -0.661. The first-order chi connectivity index (χ1) is 5.60. The molecule has 2 rings (SSSR count). The summed E-state index contributed by atoms with van der Waals surface area (Å²) in [4.78, 5) is 13.3. The molecule has 0 bridgehead atoms. The average Bonchev–Trinajstić information content (AvgIpc) is 2.51. The largest absolute Gasteiger partial charge is 0.368 e. The number of primary amides is 1. The third-order valence-electron chi connectivity index (χ3n) is 3.39. The highest BCUT2D eigenvalue weighted by atomic mass is 16.1. The van der Waals surface area contributed by atoms with Crippen LogP contribution in [0, 0.1) is 11.8 Å². The molecule has 0 radical (unpaired) electrons. The normalized spacial score (nSPS) is 45.8. The van der Waals surface area contributed by atoms with Crippen LogP contribution < -0.4 is 11.5 Å². The van der Waals surface area contributed by atoms with Crippen molar-refractivity contribution in [2.45, 2.75) is 12.5 Å². The molecule has 0 aromatic carbocycles. The Bertz CT molecular complexity index is 216. The van der Waals surface area contributed by atoms with E-state index in [4.69, 9.17) is 11.5 Å². The average molecular weight is 169 g/mol. The van der Waals surface area contributed by atoms with E-state index in [2.05, 4.69) is 11.8 Å². The molecule has 0 spiro atoms. The fraction of sp³-hybridized carbons (Fsp3) is 0.875. The van der Waals surface area contributed by atoms with Crippen molar-refractivity contribution in [2.24, 2.45) is 23.3 Å². The van der Waals surface area contributed by atoms with Crippen LogP contribution in [0.4, 0.5) is 0 Å². The molecule has 1 saturated heterocycles. The second-order valence-corrected chi connectivity index (χ2v) is 3.86. The van der Waals surface area contributed by atoms with Crippen molar-refractivity contribution in [3.8, 4) is 0 Å². The SMILES string of the molecule is CCN1C[C@@H]2[C@H](C1)C2(N)C(N)=O. The Morgan fingerprint density at radius 1 is 1.58 bits per heavy atom. The summed E-state index contributed by atoms with van der Waals surface area (Å²) in [5, 5.41) is 0. The number of carbonyl (C=O) groups excluding carboxylic acids is 1. The van der Waals surface area contributed by atoms with Gasteiger partial charge in [0.25, 0.3) is 0 Å². The van der Waals surface area contributed by atoms with Gasteiger partial charge in [-0.2, -0.15) is 0 Å². The van der Waals surface area contributed by atoms with E-state index >= 15 is 0 Å². The Hall–Kier alpha value is -0.610. The maximum atomic E-state index is 11.0. The van der Waals surface area contributed by atoms with Crippen LogP contribution in [0.1, 0.15) is 6.92 Å². The van der Waals surface area contributed by atoms with E-state index in [-0.39, 0.29) is 5.91 Å². The van der Waals surface area contributed by atoms with Crippen molar-refractivity contribution in [2.75, 3.05) is 19.6 Å². The van der Waals surface area contributed by atoms with E-state index in [1.807, 2.05) is 0 Å². The molecule has 0 aromatic rings. The third-order valence-corrected chi connectivity index (χ3v) is 3.39. The minimum absolute atomic E-state index is 0.326. The summed E-state index contributed by atoms with van der Waals surface area (Å²) >= 11 is 0. The van der Waals surface area contributed by atoms with Gasteiger partial charge in [0.15, 0.2) is 0 Å². The van der Waals surface area contributed by atoms with Gasteiger partial charge in [-0.3, -0.25) is 4.79 Å². The molecular weight excluding hydrogens is 154 g/mol. The molecule has 1 unspecified atom stereocenters. The predicted octanol–water partition coefficient (Wildman–Crippen LogP) is -1.25. The maximum absolute atomic E-state index is 11.0. The van der Waals surface area contributed by atoms with Gasteiger partial charge < -0.3 is 16.4 Å². The van der Waals surface area contributed by atoms with Gasteiger partial charge in [0.2, 0.25) is 5.91 Å². The number of hydrogen-bond acceptors (Lipinski definition) is 3. The smallest absolute Gasteiger partial charge is 0.238 e. The first-order valence-corrected chi connectivity index (χ1v) is 4.41. The fourth-order valence-electron chi connectivity index (χ4n) is 2.37. The number of amides is 1. The minimum Gasteiger partial charge on any atom is -0.368 e. The van der Waals surface area contributed by atoms with Crippen molar-refractivity contribution in [1.82, 2.24) is 4.90 Å². The van der Waals surface area contributed by atoms with Crippen molar-refractivity contribution >= 4 is 5.91 Å². The molecule has 4 nitrogen and oxygen atoms in total. The first-order valence-electron chi connectivity index (χ1n) is 4.41. The van der Waals surface area contributed by atoms with Crippen molar-refractivity contribution < 1.29 is 4.79 Å². The third kappa shape index (κ3) is 0.765. The molecule has 68 valence electrons. The molecule has 3 atom stereocenters. The van der Waals surface area contributed by atoms with Crippen LogP contribution in [0.15, 0.2) is 0 Å². The summed E-state index contributed by atoms with van der Waals surface area (Å²) in [6.07, 6.45) is 0. The van der Waals surface area contributed by atoms with Gasteiger partial charge in [-0.1, -0.05) is 6.92 Å². The lowest BCUT2D eigenvalue weighted by Gasteiger charge is -2.20. The molecule has 1 aliphatic heterocycles. The topological polar surface area (TPSA) is 72.3 Å². The lowest BCUT2D eigenvalue weighted by molar-refractivity contribution is -0.121. The van der Waals surface area contributed by atoms with Gasteiger partial charge in [-0.25, -0.2) is 0 Å². The van der Waals surface area contributed by atoms with Crippen LogP contribution in [-0.2, 0) is 4.79 Å². The van der Waals surface area contributed by atoms with Crippen molar-refractivity contribution in [3.63, 3.8) is 0 Å². The summed E-state index contributed by atoms with van der Waals surface area (Å²) in [6.45, 7) is 5.05. The number of piperidine rings is 1. The monoisotopic (exact) mass is 169 g/mol. The van der Waals surface area contributed by atoms with Crippen LogP contribution >= 0.6 is 0 Å². The highest BCUT2D eigenvalue weighted by Crippen LogP contribution is 2.53. The second kappa shape index (κ2) is 2.20. The zero-order valence-electron chi connectivity index (χ0n) is 7.29. The lowest BCUT2D eigenvalue weighted by Crippen LogP contribution is -2.47. The highest BCUT2D eigenvalue weighted by Gasteiger charge is 2.69. The summed E-state index contributed by atoms with van der Waals surface area (Å²) in [5.74, 6) is 0.332. The summed E-state index contributed by atoms with van der Waals surface area (Å²) in [7, 11) is 0. The van der Waals surface area contributed by atoms with Gasteiger partial charge in [-0.05, 0) is 6.54 Å². The van der Waals surface area contributed by atoms with Crippen molar-refractivity contribution in [1.29, 1.82) is 0 Å². The number of hydrogen-bond donors (Lipinski definition) is 2. The number of nitrogens with two attached hydrogens (primary N) is 2. The van der Waals surface area contributed by atoms with E-state index < -0.39 is 5.54 Å². The van der Waals surface area contributed by atoms with Crippen LogP contribution in [-0.4, -0.2) is 36.0 Å². The van der Waals surface area contributed by atoms with Crippen LogP contribution in [0.2, 0.25) is 0 Å². The van der Waals surface area contributed by atoms with E-state index in [9.17, 15) is 4.79 Å². The van der Waals surface area contributed by atoms with Gasteiger partial charge in [0.05, 0.1) is 0 Å². The fourth-order valence-corrected chi connectivity index (χ4v) is 2.37. The molecule has 2 aliphatic rings. The molecule has 1 aliphatic carbocycles. The Balaban J connectivity index is 2.03. The number of likely N-dealkylation sites (tertiary alicyclic amines) is 1. The van der Waals surface area contributed by atoms with Gasteiger partial charge in [0, 0.05) is 24.9 Å². The first kappa shape index (κ1) is 8.01. The molecular formula is C8H15N3O. The second-order valence-electron chi connectivity index (χ2n) is 3.86. The van der Waals surface area contributed by atoms with Crippen LogP contribution in [0.25, 0.3) is 0 Å². The van der Waals surface area contributed by atoms with Gasteiger partial charge in [-0.15, -0.1) is 0 Å². The molecule has 1 saturated carbocycles. The molecule has 2 fully saturated rings. The highest BCUT2D eigenvalue weighted by molar-refractivity contribution is 5.89. The molecule has 12 heavy (non-hydrogen) atoms. The predicted molar refractivity (Wildman–Crippen MR) is 45.2 cm³/mol. The quantitative estimate of drug-likeness (QED) is 0.542. The number of carbonyl (C=O) groups is 1. The molecule has 0 aromatic heterocycles. The summed E-state index contributed by atoms with van der Waals surface area (Å²) in [6, 6.07) is 0.